The molecule has 6 nitrogen and oxygen atoms in total. The lowest BCUT2D eigenvalue weighted by molar-refractivity contribution is -0.127. The van der Waals surface area contributed by atoms with Crippen LogP contribution in [0.5, 0.6) is 0 Å². The second kappa shape index (κ2) is 5.68. The minimum absolute atomic E-state index is 0.000840. The quantitative estimate of drug-likeness (QED) is 0.673. The zero-order valence-corrected chi connectivity index (χ0v) is 13.4. The van der Waals surface area contributed by atoms with Gasteiger partial charge in [-0.1, -0.05) is 12.5 Å². The number of hydrogen-bond donors (Lipinski definition) is 1. The number of nitrogens with zero attached hydrogens (tertiary/aromatic N) is 4. The van der Waals surface area contributed by atoms with Gasteiger partial charge in [0.25, 0.3) is 0 Å². The van der Waals surface area contributed by atoms with Crippen molar-refractivity contribution in [3.63, 3.8) is 0 Å². The Morgan fingerprint density at radius 3 is 3.04 bits per heavy atom. The van der Waals surface area contributed by atoms with Crippen molar-refractivity contribution in [2.45, 2.75) is 18.9 Å². The molecule has 2 fully saturated rings. The van der Waals surface area contributed by atoms with E-state index in [2.05, 4.69) is 32.4 Å². The molecule has 0 aromatic carbocycles. The first-order valence-electron chi connectivity index (χ1n) is 8.19. The number of aromatic amines is 1. The average Bonchev–Trinajstić information content (AvgIpc) is 3.24. The molecule has 2 saturated heterocycles. The number of carbonyl (C=O) groups excluding carboxylic acids is 1. The van der Waals surface area contributed by atoms with Crippen LogP contribution in [0.4, 0.5) is 5.82 Å². The van der Waals surface area contributed by atoms with Crippen LogP contribution in [0.3, 0.4) is 0 Å². The molecule has 0 bridgehead atoms. The van der Waals surface area contributed by atoms with E-state index in [1.54, 1.807) is 12.5 Å². The van der Waals surface area contributed by atoms with Crippen molar-refractivity contribution in [1.29, 1.82) is 0 Å². The molecule has 122 valence electrons. The topological polar surface area (TPSA) is 65.1 Å². The molecular formula is C18H19N5O. The first-order chi connectivity index (χ1) is 11.7. The van der Waals surface area contributed by atoms with Crippen molar-refractivity contribution >= 4 is 22.8 Å². The number of fused-ring (bicyclic) bond motifs is 2. The first-order valence-corrected chi connectivity index (χ1v) is 8.19. The van der Waals surface area contributed by atoms with Gasteiger partial charge in [-0.3, -0.25) is 4.79 Å². The molecule has 2 atom stereocenters. The van der Waals surface area contributed by atoms with Crippen molar-refractivity contribution in [3.8, 4) is 12.3 Å². The number of terminal acetylenes is 1. The third kappa shape index (κ3) is 2.16. The van der Waals surface area contributed by atoms with Gasteiger partial charge >= 0.3 is 0 Å². The highest BCUT2D eigenvalue weighted by Gasteiger charge is 2.40. The highest BCUT2D eigenvalue weighted by Crippen LogP contribution is 2.37. The van der Waals surface area contributed by atoms with Crippen molar-refractivity contribution in [2.75, 3.05) is 24.5 Å². The normalized spacial score (nSPS) is 23.1. The number of likely N-dealkylation sites (tertiary alicyclic amines) is 1. The molecule has 2 aromatic heterocycles. The third-order valence-corrected chi connectivity index (χ3v) is 5.23. The summed E-state index contributed by atoms with van der Waals surface area (Å²) in [6.45, 7) is 6.04. The third-order valence-electron chi connectivity index (χ3n) is 5.23. The van der Waals surface area contributed by atoms with Gasteiger partial charge in [0.15, 0.2) is 0 Å². The van der Waals surface area contributed by atoms with E-state index < -0.39 is 0 Å². The van der Waals surface area contributed by atoms with Gasteiger partial charge in [0.05, 0.1) is 17.0 Å². The molecule has 4 heterocycles. The Morgan fingerprint density at radius 2 is 2.25 bits per heavy atom. The number of rotatable bonds is 2. The minimum Gasteiger partial charge on any atom is -0.351 e. The van der Waals surface area contributed by atoms with Gasteiger partial charge in [0, 0.05) is 25.8 Å². The Morgan fingerprint density at radius 1 is 1.42 bits per heavy atom. The average molecular weight is 321 g/mol. The Bertz CT molecular complexity index is 849. The number of anilines is 1. The molecular weight excluding hydrogens is 302 g/mol. The van der Waals surface area contributed by atoms with Gasteiger partial charge in [-0.2, -0.15) is 0 Å². The van der Waals surface area contributed by atoms with E-state index in [0.717, 1.165) is 48.3 Å². The summed E-state index contributed by atoms with van der Waals surface area (Å²) < 4.78 is 0. The lowest BCUT2D eigenvalue weighted by atomic mass is 9.92. The van der Waals surface area contributed by atoms with Gasteiger partial charge in [-0.15, -0.1) is 6.42 Å². The van der Waals surface area contributed by atoms with Crippen LogP contribution in [0.15, 0.2) is 25.2 Å². The van der Waals surface area contributed by atoms with E-state index in [9.17, 15) is 4.79 Å². The Balaban J connectivity index is 1.72. The largest absolute Gasteiger partial charge is 0.351 e. The monoisotopic (exact) mass is 321 g/mol. The van der Waals surface area contributed by atoms with Gasteiger partial charge in [0.2, 0.25) is 5.91 Å². The van der Waals surface area contributed by atoms with E-state index >= 15 is 0 Å². The van der Waals surface area contributed by atoms with Crippen LogP contribution in [-0.2, 0) is 4.79 Å². The molecule has 0 unspecified atom stereocenters. The van der Waals surface area contributed by atoms with Gasteiger partial charge in [-0.05, 0) is 24.8 Å². The predicted molar refractivity (Wildman–Crippen MR) is 92.5 cm³/mol. The van der Waals surface area contributed by atoms with Crippen LogP contribution >= 0.6 is 0 Å². The lowest BCUT2D eigenvalue weighted by Crippen LogP contribution is -2.50. The fraction of sp³-hybridized carbons (Fsp3) is 0.389. The molecule has 0 saturated carbocycles. The number of nitrogens with one attached hydrogen (secondary N) is 1. The lowest BCUT2D eigenvalue weighted by Gasteiger charge is -2.38. The molecule has 6 heteroatoms. The smallest absolute Gasteiger partial charge is 0.246 e. The van der Waals surface area contributed by atoms with Crippen molar-refractivity contribution in [3.05, 3.63) is 30.7 Å². The first kappa shape index (κ1) is 14.8. The molecule has 1 N–H and O–H groups in total. The molecule has 2 aromatic rings. The van der Waals surface area contributed by atoms with Gasteiger partial charge in [0.1, 0.15) is 17.8 Å². The summed E-state index contributed by atoms with van der Waals surface area (Å²) in [5.41, 5.74) is 1.53. The Labute approximate surface area is 140 Å². The van der Waals surface area contributed by atoms with Crippen LogP contribution in [0.1, 0.15) is 18.4 Å². The summed E-state index contributed by atoms with van der Waals surface area (Å²) in [6, 6.07) is 0.265. The van der Waals surface area contributed by atoms with E-state index in [-0.39, 0.29) is 11.9 Å². The van der Waals surface area contributed by atoms with E-state index in [4.69, 9.17) is 6.42 Å². The zero-order valence-electron chi connectivity index (χ0n) is 13.4. The maximum atomic E-state index is 12.0. The number of aromatic nitrogens is 3. The van der Waals surface area contributed by atoms with Crippen molar-refractivity contribution < 1.29 is 4.79 Å². The Kier molecular flexibility index (Phi) is 3.49. The summed E-state index contributed by atoms with van der Waals surface area (Å²) in [5, 5.41) is 0.896. The zero-order chi connectivity index (χ0) is 16.7. The van der Waals surface area contributed by atoms with Crippen LogP contribution < -0.4 is 4.90 Å². The molecule has 0 spiro atoms. The molecule has 4 rings (SSSR count). The second-order valence-corrected chi connectivity index (χ2v) is 6.35. The summed E-state index contributed by atoms with van der Waals surface area (Å²) in [6.07, 6.45) is 12.5. The fourth-order valence-corrected chi connectivity index (χ4v) is 4.01. The van der Waals surface area contributed by atoms with Crippen LogP contribution in [0, 0.1) is 18.3 Å². The van der Waals surface area contributed by atoms with E-state index in [0.29, 0.717) is 12.5 Å². The highest BCUT2D eigenvalue weighted by molar-refractivity contribution is 5.93. The van der Waals surface area contributed by atoms with E-state index in [1.807, 2.05) is 4.90 Å². The van der Waals surface area contributed by atoms with Crippen molar-refractivity contribution in [1.82, 2.24) is 19.9 Å². The van der Waals surface area contributed by atoms with Crippen LogP contribution in [0.2, 0.25) is 0 Å². The SMILES string of the molecule is C#Cc1c[nH]c2ncnc(N3CC[C@@H]4CCN(C(=O)C=C)C[C@H]43)c12. The van der Waals surface area contributed by atoms with E-state index in [1.165, 1.54) is 6.08 Å². The number of hydrogen-bond acceptors (Lipinski definition) is 4. The summed E-state index contributed by atoms with van der Waals surface area (Å²) in [5.74, 6) is 4.16. The number of carbonyl (C=O) groups is 1. The highest BCUT2D eigenvalue weighted by atomic mass is 16.2. The second-order valence-electron chi connectivity index (χ2n) is 6.35. The summed E-state index contributed by atoms with van der Waals surface area (Å²) in [4.78, 5) is 28.1. The van der Waals surface area contributed by atoms with Gasteiger partial charge < -0.3 is 14.8 Å². The summed E-state index contributed by atoms with van der Waals surface area (Å²) >= 11 is 0. The Hall–Kier alpha value is -2.81. The standard InChI is InChI=1S/C18H19N5O/c1-3-12-9-19-17-16(12)18(21-11-20-17)23-8-6-13-5-7-22(10-14(13)23)15(24)4-2/h1,4,9,11,13-14H,2,5-8,10H2,(H,19,20,21)/t13-,14+/m0/s1. The molecule has 1 amide bonds. The molecule has 0 aliphatic carbocycles. The molecule has 2 aliphatic rings. The maximum Gasteiger partial charge on any atom is 0.246 e. The van der Waals surface area contributed by atoms with Crippen LogP contribution in [0.25, 0.3) is 11.0 Å². The number of piperidine rings is 1. The fourth-order valence-electron chi connectivity index (χ4n) is 4.01. The maximum absolute atomic E-state index is 12.0. The predicted octanol–water partition coefficient (Wildman–Crippen LogP) is 1.55. The van der Waals surface area contributed by atoms with Crippen molar-refractivity contribution in [2.24, 2.45) is 5.92 Å². The number of amides is 1. The summed E-state index contributed by atoms with van der Waals surface area (Å²) in [7, 11) is 0. The molecule has 24 heavy (non-hydrogen) atoms. The number of H-pyrrole nitrogens is 1. The molecule has 0 radical (unpaired) electrons. The minimum atomic E-state index is -0.000840. The molecule has 2 aliphatic heterocycles. The van der Waals surface area contributed by atoms with Crippen LogP contribution in [-0.4, -0.2) is 51.4 Å². The van der Waals surface area contributed by atoms with Gasteiger partial charge in [-0.25, -0.2) is 9.97 Å².